The van der Waals surface area contributed by atoms with E-state index >= 15 is 0 Å². The zero-order valence-electron chi connectivity index (χ0n) is 13.4. The van der Waals surface area contributed by atoms with Gasteiger partial charge in [0.05, 0.1) is 12.0 Å². The first-order valence-corrected chi connectivity index (χ1v) is 8.44. The summed E-state index contributed by atoms with van der Waals surface area (Å²) in [7, 11) is 0. The molecule has 5 heteroatoms. The van der Waals surface area contributed by atoms with Gasteiger partial charge < -0.3 is 15.3 Å². The summed E-state index contributed by atoms with van der Waals surface area (Å²) in [6.45, 7) is 1.23. The molecule has 2 N–H and O–H groups in total. The van der Waals surface area contributed by atoms with Crippen molar-refractivity contribution in [1.82, 2.24) is 5.32 Å². The Kier molecular flexibility index (Phi) is 4.66. The Balaban J connectivity index is 1.50. The van der Waals surface area contributed by atoms with Crippen LogP contribution in [0.15, 0.2) is 24.3 Å². The third-order valence-electron chi connectivity index (χ3n) is 4.83. The standard InChI is InChI=1S/C18H24N2O3/c21-16(12-18(23)9-1-2-10-18)19-13-14-5-7-15(8-6-14)20-11-3-4-17(20)22/h5-8,23H,1-4,9-13H2,(H,19,21). The van der Waals surface area contributed by atoms with Crippen molar-refractivity contribution in [2.45, 2.75) is 57.1 Å². The number of carbonyl (C=O) groups excluding carboxylic acids is 2. The zero-order chi connectivity index (χ0) is 16.3. The molecule has 0 bridgehead atoms. The van der Waals surface area contributed by atoms with Crippen molar-refractivity contribution in [1.29, 1.82) is 0 Å². The SMILES string of the molecule is O=C(CC1(O)CCCC1)NCc1ccc(N2CCCC2=O)cc1. The highest BCUT2D eigenvalue weighted by Gasteiger charge is 2.33. The predicted molar refractivity (Wildman–Crippen MR) is 87.9 cm³/mol. The van der Waals surface area contributed by atoms with Gasteiger partial charge in [-0.15, -0.1) is 0 Å². The summed E-state index contributed by atoms with van der Waals surface area (Å²) in [5, 5.41) is 13.1. The van der Waals surface area contributed by atoms with Gasteiger partial charge in [0.2, 0.25) is 11.8 Å². The first-order valence-electron chi connectivity index (χ1n) is 8.44. The molecule has 124 valence electrons. The van der Waals surface area contributed by atoms with Crippen LogP contribution in [-0.4, -0.2) is 29.1 Å². The molecule has 1 saturated carbocycles. The minimum atomic E-state index is -0.802. The van der Waals surface area contributed by atoms with Crippen molar-refractivity contribution in [3.63, 3.8) is 0 Å². The van der Waals surface area contributed by atoms with Crippen LogP contribution in [-0.2, 0) is 16.1 Å². The number of carbonyl (C=O) groups is 2. The Hall–Kier alpha value is -1.88. The van der Waals surface area contributed by atoms with E-state index in [0.717, 1.165) is 49.9 Å². The van der Waals surface area contributed by atoms with Crippen molar-refractivity contribution in [2.75, 3.05) is 11.4 Å². The van der Waals surface area contributed by atoms with Gasteiger partial charge in [-0.2, -0.15) is 0 Å². The van der Waals surface area contributed by atoms with E-state index in [2.05, 4.69) is 5.32 Å². The minimum Gasteiger partial charge on any atom is -0.389 e. The molecule has 3 rings (SSSR count). The van der Waals surface area contributed by atoms with E-state index in [1.165, 1.54) is 0 Å². The van der Waals surface area contributed by atoms with Gasteiger partial charge in [-0.25, -0.2) is 0 Å². The number of hydrogen-bond acceptors (Lipinski definition) is 3. The van der Waals surface area contributed by atoms with Crippen LogP contribution in [0.4, 0.5) is 5.69 Å². The van der Waals surface area contributed by atoms with Gasteiger partial charge >= 0.3 is 0 Å². The van der Waals surface area contributed by atoms with Gasteiger partial charge in [-0.05, 0) is 37.0 Å². The highest BCUT2D eigenvalue weighted by atomic mass is 16.3. The Labute approximate surface area is 136 Å². The van der Waals surface area contributed by atoms with Crippen molar-refractivity contribution in [3.05, 3.63) is 29.8 Å². The molecule has 1 aromatic carbocycles. The Morgan fingerprint density at radius 2 is 1.87 bits per heavy atom. The van der Waals surface area contributed by atoms with Crippen LogP contribution < -0.4 is 10.2 Å². The fraction of sp³-hybridized carbons (Fsp3) is 0.556. The lowest BCUT2D eigenvalue weighted by molar-refractivity contribution is -0.126. The lowest BCUT2D eigenvalue weighted by Gasteiger charge is -2.21. The molecule has 0 unspecified atom stereocenters. The zero-order valence-corrected chi connectivity index (χ0v) is 13.4. The topological polar surface area (TPSA) is 69.6 Å². The van der Waals surface area contributed by atoms with Gasteiger partial charge in [0.1, 0.15) is 0 Å². The average Bonchev–Trinajstić information content (AvgIpc) is 3.14. The van der Waals surface area contributed by atoms with Crippen molar-refractivity contribution < 1.29 is 14.7 Å². The number of nitrogens with zero attached hydrogens (tertiary/aromatic N) is 1. The summed E-state index contributed by atoms with van der Waals surface area (Å²) < 4.78 is 0. The summed E-state index contributed by atoms with van der Waals surface area (Å²) in [5.74, 6) is 0.0732. The molecule has 1 aromatic rings. The lowest BCUT2D eigenvalue weighted by atomic mass is 9.97. The maximum atomic E-state index is 12.0. The molecule has 1 saturated heterocycles. The Morgan fingerprint density at radius 1 is 1.17 bits per heavy atom. The van der Waals surface area contributed by atoms with E-state index in [4.69, 9.17) is 0 Å². The molecule has 0 radical (unpaired) electrons. The number of hydrogen-bond donors (Lipinski definition) is 2. The average molecular weight is 316 g/mol. The van der Waals surface area contributed by atoms with Gasteiger partial charge in [0.15, 0.2) is 0 Å². The second kappa shape index (κ2) is 6.71. The minimum absolute atomic E-state index is 0.104. The Morgan fingerprint density at radius 3 is 2.48 bits per heavy atom. The third-order valence-corrected chi connectivity index (χ3v) is 4.83. The van der Waals surface area contributed by atoms with Crippen LogP contribution in [0.25, 0.3) is 0 Å². The molecule has 1 heterocycles. The molecular formula is C18H24N2O3. The van der Waals surface area contributed by atoms with Crippen LogP contribution in [0, 0.1) is 0 Å². The first kappa shape index (κ1) is 16.0. The number of aliphatic hydroxyl groups is 1. The number of anilines is 1. The van der Waals surface area contributed by atoms with Crippen molar-refractivity contribution in [3.8, 4) is 0 Å². The monoisotopic (exact) mass is 316 g/mol. The maximum Gasteiger partial charge on any atom is 0.227 e. The second-order valence-corrected chi connectivity index (χ2v) is 6.70. The van der Waals surface area contributed by atoms with Crippen LogP contribution in [0.2, 0.25) is 0 Å². The third kappa shape index (κ3) is 3.91. The van der Waals surface area contributed by atoms with Crippen LogP contribution in [0.5, 0.6) is 0 Å². The largest absolute Gasteiger partial charge is 0.389 e. The molecule has 23 heavy (non-hydrogen) atoms. The quantitative estimate of drug-likeness (QED) is 0.874. The normalized spacial score (nSPS) is 20.0. The number of benzene rings is 1. The van der Waals surface area contributed by atoms with Gasteiger partial charge in [0.25, 0.3) is 0 Å². The number of rotatable bonds is 5. The van der Waals surface area contributed by atoms with Crippen LogP contribution in [0.3, 0.4) is 0 Å². The van der Waals surface area contributed by atoms with Crippen molar-refractivity contribution in [2.24, 2.45) is 0 Å². The second-order valence-electron chi connectivity index (χ2n) is 6.70. The molecule has 2 aliphatic rings. The first-order chi connectivity index (χ1) is 11.1. The van der Waals surface area contributed by atoms with Crippen molar-refractivity contribution >= 4 is 17.5 Å². The summed E-state index contributed by atoms with van der Waals surface area (Å²) in [5.41, 5.74) is 1.11. The number of nitrogens with one attached hydrogen (secondary N) is 1. The van der Waals surface area contributed by atoms with E-state index in [1.807, 2.05) is 24.3 Å². The summed E-state index contributed by atoms with van der Waals surface area (Å²) in [4.78, 5) is 25.5. The van der Waals surface area contributed by atoms with E-state index < -0.39 is 5.60 Å². The molecule has 1 aliphatic heterocycles. The number of amides is 2. The van der Waals surface area contributed by atoms with E-state index in [-0.39, 0.29) is 18.2 Å². The molecule has 0 atom stereocenters. The molecule has 1 aliphatic carbocycles. The lowest BCUT2D eigenvalue weighted by Crippen LogP contribution is -2.34. The fourth-order valence-electron chi connectivity index (χ4n) is 3.49. The molecule has 5 nitrogen and oxygen atoms in total. The van der Waals surface area contributed by atoms with Gasteiger partial charge in [0, 0.05) is 25.2 Å². The van der Waals surface area contributed by atoms with Crippen LogP contribution >= 0.6 is 0 Å². The van der Waals surface area contributed by atoms with E-state index in [9.17, 15) is 14.7 Å². The highest BCUT2D eigenvalue weighted by Crippen LogP contribution is 2.32. The summed E-state index contributed by atoms with van der Waals surface area (Å²) in [6, 6.07) is 7.72. The summed E-state index contributed by atoms with van der Waals surface area (Å²) in [6.07, 6.45) is 5.17. The molecule has 0 spiro atoms. The Bertz CT molecular complexity index is 576. The van der Waals surface area contributed by atoms with Gasteiger partial charge in [-0.3, -0.25) is 9.59 Å². The summed E-state index contributed by atoms with van der Waals surface area (Å²) >= 11 is 0. The molecule has 2 fully saturated rings. The molecule has 0 aromatic heterocycles. The van der Waals surface area contributed by atoms with E-state index in [0.29, 0.717) is 13.0 Å². The predicted octanol–water partition coefficient (Wildman–Crippen LogP) is 2.12. The van der Waals surface area contributed by atoms with Crippen LogP contribution in [0.1, 0.15) is 50.5 Å². The maximum absolute atomic E-state index is 12.0. The van der Waals surface area contributed by atoms with Gasteiger partial charge in [-0.1, -0.05) is 25.0 Å². The van der Waals surface area contributed by atoms with E-state index in [1.54, 1.807) is 4.90 Å². The highest BCUT2D eigenvalue weighted by molar-refractivity contribution is 5.95. The molecular weight excluding hydrogens is 292 g/mol. The molecule has 2 amide bonds. The smallest absolute Gasteiger partial charge is 0.227 e. The fourth-order valence-corrected chi connectivity index (χ4v) is 3.49.